The van der Waals surface area contributed by atoms with Gasteiger partial charge >= 0.3 is 6.18 Å². The molecule has 6 nitrogen and oxygen atoms in total. The van der Waals surface area contributed by atoms with Gasteiger partial charge < -0.3 is 14.7 Å². The van der Waals surface area contributed by atoms with E-state index in [1.807, 2.05) is 36.0 Å². The fraction of sp³-hybridized carbons (Fsp3) is 0.615. The van der Waals surface area contributed by atoms with Gasteiger partial charge in [-0.2, -0.15) is 13.2 Å². The highest BCUT2D eigenvalue weighted by atomic mass is 19.4. The van der Waals surface area contributed by atoms with Crippen LogP contribution in [0.15, 0.2) is 12.1 Å². The molecule has 0 radical (unpaired) electrons. The molecule has 1 fully saturated rings. The minimum Gasteiger partial charge on any atom is -0.361 e. The second-order valence-electron chi connectivity index (χ2n) is 5.30. The van der Waals surface area contributed by atoms with Gasteiger partial charge in [-0.3, -0.25) is 4.79 Å². The molecule has 0 unspecified atom stereocenters. The number of piperazine rings is 1. The average molecular weight is 317 g/mol. The van der Waals surface area contributed by atoms with E-state index < -0.39 is 18.5 Å². The van der Waals surface area contributed by atoms with E-state index >= 15 is 0 Å². The van der Waals surface area contributed by atoms with Crippen molar-refractivity contribution in [2.75, 3.05) is 50.1 Å². The quantitative estimate of drug-likeness (QED) is 0.837. The molecule has 0 atom stereocenters. The molecule has 0 N–H and O–H groups in total. The van der Waals surface area contributed by atoms with Crippen LogP contribution < -0.4 is 9.80 Å². The summed E-state index contributed by atoms with van der Waals surface area (Å²) in [5.74, 6) is 0.512. The largest absolute Gasteiger partial charge is 0.397 e. The molecule has 2 rings (SSSR count). The van der Waals surface area contributed by atoms with Gasteiger partial charge in [-0.1, -0.05) is 0 Å². The van der Waals surface area contributed by atoms with Gasteiger partial charge in [0.25, 0.3) is 0 Å². The third-order valence-corrected chi connectivity index (χ3v) is 3.40. The summed E-state index contributed by atoms with van der Waals surface area (Å²) in [7, 11) is 3.71. The van der Waals surface area contributed by atoms with Gasteiger partial charge in [-0.05, 0) is 12.1 Å². The molecule has 1 amide bonds. The van der Waals surface area contributed by atoms with E-state index in [2.05, 4.69) is 10.2 Å². The lowest BCUT2D eigenvalue weighted by molar-refractivity contribution is -0.161. The molecule has 1 aromatic rings. The standard InChI is InChI=1S/C13H18F3N5O/c1-19(2)10-3-4-11(18-17-10)20-5-7-21(8-6-20)12(22)9-13(14,15)16/h3-4H,5-9H2,1-2H3. The number of halogens is 3. The summed E-state index contributed by atoms with van der Waals surface area (Å²) >= 11 is 0. The lowest BCUT2D eigenvalue weighted by Crippen LogP contribution is -2.49. The lowest BCUT2D eigenvalue weighted by atomic mass is 10.2. The Hall–Kier alpha value is -2.06. The molecule has 1 aliphatic heterocycles. The summed E-state index contributed by atoms with van der Waals surface area (Å²) < 4.78 is 36.7. The Morgan fingerprint density at radius 1 is 1.18 bits per heavy atom. The number of aromatic nitrogens is 2. The Morgan fingerprint density at radius 3 is 2.27 bits per heavy atom. The number of hydrogen-bond acceptors (Lipinski definition) is 5. The zero-order valence-corrected chi connectivity index (χ0v) is 12.5. The maximum absolute atomic E-state index is 12.2. The summed E-state index contributed by atoms with van der Waals surface area (Å²) in [5, 5.41) is 8.16. The summed E-state index contributed by atoms with van der Waals surface area (Å²) in [5.41, 5.74) is 0. The highest BCUT2D eigenvalue weighted by molar-refractivity contribution is 5.77. The molecule has 0 saturated carbocycles. The monoisotopic (exact) mass is 317 g/mol. The van der Waals surface area contributed by atoms with Crippen molar-refractivity contribution in [2.45, 2.75) is 12.6 Å². The van der Waals surface area contributed by atoms with E-state index in [4.69, 9.17) is 0 Å². The van der Waals surface area contributed by atoms with Crippen LogP contribution in [0.25, 0.3) is 0 Å². The average Bonchev–Trinajstić information content (AvgIpc) is 2.46. The Bertz CT molecular complexity index is 509. The predicted octanol–water partition coefficient (Wildman–Crippen LogP) is 1.14. The SMILES string of the molecule is CN(C)c1ccc(N2CCN(C(=O)CC(F)(F)F)CC2)nn1. The molecular formula is C13H18F3N5O. The molecule has 1 saturated heterocycles. The molecule has 0 aromatic carbocycles. The molecule has 122 valence electrons. The second kappa shape index (κ2) is 6.37. The molecule has 1 aliphatic rings. The number of anilines is 2. The Morgan fingerprint density at radius 2 is 1.82 bits per heavy atom. The van der Waals surface area contributed by atoms with Crippen molar-refractivity contribution in [1.82, 2.24) is 15.1 Å². The van der Waals surface area contributed by atoms with E-state index in [1.54, 1.807) is 0 Å². The first-order valence-electron chi connectivity index (χ1n) is 6.87. The zero-order chi connectivity index (χ0) is 16.3. The van der Waals surface area contributed by atoms with E-state index in [0.717, 1.165) is 5.82 Å². The number of amides is 1. The highest BCUT2D eigenvalue weighted by Gasteiger charge is 2.34. The van der Waals surface area contributed by atoms with Crippen molar-refractivity contribution < 1.29 is 18.0 Å². The van der Waals surface area contributed by atoms with E-state index in [1.165, 1.54) is 4.90 Å². The molecule has 0 aliphatic carbocycles. The second-order valence-corrected chi connectivity index (χ2v) is 5.30. The molecule has 0 spiro atoms. The summed E-state index contributed by atoms with van der Waals surface area (Å²) in [6.07, 6.45) is -5.86. The van der Waals surface area contributed by atoms with Gasteiger partial charge in [-0.25, -0.2) is 0 Å². The first-order chi connectivity index (χ1) is 10.3. The minimum absolute atomic E-state index is 0.256. The van der Waals surface area contributed by atoms with Gasteiger partial charge in [-0.15, -0.1) is 10.2 Å². The van der Waals surface area contributed by atoms with Crippen LogP contribution in [0.2, 0.25) is 0 Å². The summed E-state index contributed by atoms with van der Waals surface area (Å²) in [4.78, 5) is 16.5. The normalized spacial score (nSPS) is 15.9. The fourth-order valence-corrected chi connectivity index (χ4v) is 2.19. The topological polar surface area (TPSA) is 52.6 Å². The van der Waals surface area contributed by atoms with Crippen LogP contribution in [0.1, 0.15) is 6.42 Å². The Kier molecular flexibility index (Phi) is 4.72. The predicted molar refractivity (Wildman–Crippen MR) is 75.8 cm³/mol. The first kappa shape index (κ1) is 16.3. The van der Waals surface area contributed by atoms with Crippen molar-refractivity contribution in [3.05, 3.63) is 12.1 Å². The van der Waals surface area contributed by atoms with E-state index in [9.17, 15) is 18.0 Å². The first-order valence-corrected chi connectivity index (χ1v) is 6.87. The van der Waals surface area contributed by atoms with Crippen molar-refractivity contribution in [1.29, 1.82) is 0 Å². The molecule has 0 bridgehead atoms. The number of carbonyl (C=O) groups is 1. The zero-order valence-electron chi connectivity index (χ0n) is 12.5. The van der Waals surface area contributed by atoms with Crippen LogP contribution in [-0.2, 0) is 4.79 Å². The summed E-state index contributed by atoms with van der Waals surface area (Å²) in [6, 6.07) is 3.64. The van der Waals surface area contributed by atoms with Gasteiger partial charge in [0.1, 0.15) is 6.42 Å². The lowest BCUT2D eigenvalue weighted by Gasteiger charge is -2.35. The number of hydrogen-bond donors (Lipinski definition) is 0. The van der Waals surface area contributed by atoms with Crippen LogP contribution in [0.5, 0.6) is 0 Å². The molecule has 9 heteroatoms. The Labute approximate surface area is 126 Å². The van der Waals surface area contributed by atoms with Gasteiger partial charge in [0.05, 0.1) is 0 Å². The van der Waals surface area contributed by atoms with Crippen LogP contribution in [-0.4, -0.2) is 67.5 Å². The molecule has 1 aromatic heterocycles. The van der Waals surface area contributed by atoms with Crippen molar-refractivity contribution in [2.24, 2.45) is 0 Å². The maximum atomic E-state index is 12.2. The Balaban J connectivity index is 1.90. The highest BCUT2D eigenvalue weighted by Crippen LogP contribution is 2.22. The van der Waals surface area contributed by atoms with E-state index in [0.29, 0.717) is 18.9 Å². The van der Waals surface area contributed by atoms with Crippen LogP contribution >= 0.6 is 0 Å². The van der Waals surface area contributed by atoms with E-state index in [-0.39, 0.29) is 13.1 Å². The fourth-order valence-electron chi connectivity index (χ4n) is 2.19. The molecular weight excluding hydrogens is 299 g/mol. The maximum Gasteiger partial charge on any atom is 0.397 e. The van der Waals surface area contributed by atoms with Crippen molar-refractivity contribution in [3.63, 3.8) is 0 Å². The van der Waals surface area contributed by atoms with Crippen LogP contribution in [0.4, 0.5) is 24.8 Å². The van der Waals surface area contributed by atoms with Crippen LogP contribution in [0, 0.1) is 0 Å². The number of nitrogens with zero attached hydrogens (tertiary/aromatic N) is 5. The number of alkyl halides is 3. The summed E-state index contributed by atoms with van der Waals surface area (Å²) in [6.45, 7) is 1.40. The molecule has 2 heterocycles. The molecule has 22 heavy (non-hydrogen) atoms. The smallest absolute Gasteiger partial charge is 0.361 e. The van der Waals surface area contributed by atoms with Gasteiger partial charge in [0.2, 0.25) is 5.91 Å². The van der Waals surface area contributed by atoms with Crippen molar-refractivity contribution in [3.8, 4) is 0 Å². The van der Waals surface area contributed by atoms with Crippen LogP contribution in [0.3, 0.4) is 0 Å². The number of rotatable bonds is 3. The van der Waals surface area contributed by atoms with Gasteiger partial charge in [0.15, 0.2) is 11.6 Å². The third-order valence-electron chi connectivity index (χ3n) is 3.40. The van der Waals surface area contributed by atoms with Crippen molar-refractivity contribution >= 4 is 17.5 Å². The van der Waals surface area contributed by atoms with Gasteiger partial charge in [0, 0.05) is 40.3 Å². The number of carbonyl (C=O) groups excluding carboxylic acids is 1. The minimum atomic E-state index is -4.46. The third kappa shape index (κ3) is 4.22.